The van der Waals surface area contributed by atoms with Gasteiger partial charge in [0.05, 0.1) is 11.5 Å². The molecule has 0 spiro atoms. The highest BCUT2D eigenvalue weighted by Gasteiger charge is 2.15. The van der Waals surface area contributed by atoms with E-state index in [0.29, 0.717) is 17.8 Å². The second kappa shape index (κ2) is 6.55. The van der Waals surface area contributed by atoms with Crippen LogP contribution in [0.2, 0.25) is 0 Å². The van der Waals surface area contributed by atoms with E-state index in [1.807, 2.05) is 0 Å². The molecule has 1 amide bonds. The first kappa shape index (κ1) is 16.2. The molecule has 1 aromatic carbocycles. The fraction of sp³-hybridized carbons (Fsp3) is 0.364. The highest BCUT2D eigenvalue weighted by molar-refractivity contribution is 7.89. The number of sulfonamides is 1. The number of nitrogen functional groups attached to an aromatic ring is 1. The predicted molar refractivity (Wildman–Crippen MR) is 75.5 cm³/mol. The van der Waals surface area contributed by atoms with Gasteiger partial charge in [0.25, 0.3) is 0 Å². The number of hydrogen-bond acceptors (Lipinski definition) is 6. The molecule has 0 radical (unpaired) electrons. The first-order chi connectivity index (χ1) is 9.21. The maximum atomic E-state index is 11.4. The summed E-state index contributed by atoms with van der Waals surface area (Å²) in [7, 11) is -3.84. The zero-order valence-electron chi connectivity index (χ0n) is 11.0. The predicted octanol–water partition coefficient (Wildman–Crippen LogP) is -0.862. The molecule has 0 unspecified atom stereocenters. The molecule has 112 valence electrons. The fourth-order valence-electron chi connectivity index (χ4n) is 1.62. The van der Waals surface area contributed by atoms with Gasteiger partial charge in [-0.25, -0.2) is 13.6 Å². The van der Waals surface area contributed by atoms with Crippen LogP contribution in [0.25, 0.3) is 0 Å². The summed E-state index contributed by atoms with van der Waals surface area (Å²) in [5, 5.41) is 8.08. The number of carbonyl (C=O) groups excluding carboxylic acids is 1. The van der Waals surface area contributed by atoms with E-state index in [1.54, 1.807) is 13.0 Å². The molecule has 0 atom stereocenters. The lowest BCUT2D eigenvalue weighted by Crippen LogP contribution is -2.21. The molecule has 20 heavy (non-hydrogen) atoms. The molecule has 0 aromatic heterocycles. The second-order valence-corrected chi connectivity index (χ2v) is 5.71. The number of amides is 1. The van der Waals surface area contributed by atoms with E-state index in [9.17, 15) is 13.2 Å². The van der Waals surface area contributed by atoms with Crippen molar-refractivity contribution in [1.29, 1.82) is 0 Å². The Bertz CT molecular complexity index is 601. The minimum atomic E-state index is -3.84. The summed E-state index contributed by atoms with van der Waals surface area (Å²) < 4.78 is 27.8. The number of carbonyl (C=O) groups is 1. The zero-order valence-corrected chi connectivity index (χ0v) is 11.9. The SMILES string of the molecule is Cc1c(NCCOCC(N)=O)cc(N)cc1S(N)(=O)=O. The quantitative estimate of drug-likeness (QED) is 0.380. The van der Waals surface area contributed by atoms with Crippen LogP contribution in [0.1, 0.15) is 5.56 Å². The van der Waals surface area contributed by atoms with Gasteiger partial charge < -0.3 is 21.5 Å². The van der Waals surface area contributed by atoms with Gasteiger partial charge in [0.1, 0.15) is 6.61 Å². The lowest BCUT2D eigenvalue weighted by Gasteiger charge is -2.13. The number of primary amides is 1. The number of ether oxygens (including phenoxy) is 1. The van der Waals surface area contributed by atoms with Gasteiger partial charge in [-0.1, -0.05) is 0 Å². The average molecular weight is 302 g/mol. The van der Waals surface area contributed by atoms with Gasteiger partial charge in [-0.05, 0) is 24.6 Å². The summed E-state index contributed by atoms with van der Waals surface area (Å²) in [5.41, 5.74) is 11.8. The zero-order chi connectivity index (χ0) is 15.3. The Morgan fingerprint density at radius 1 is 1.40 bits per heavy atom. The molecular formula is C11H18N4O4S. The largest absolute Gasteiger partial charge is 0.399 e. The summed E-state index contributed by atoms with van der Waals surface area (Å²) in [5.74, 6) is -0.554. The van der Waals surface area contributed by atoms with Crippen LogP contribution < -0.4 is 21.9 Å². The van der Waals surface area contributed by atoms with Crippen molar-refractivity contribution in [3.05, 3.63) is 17.7 Å². The standard InChI is InChI=1S/C11H18N4O4S/c1-7-9(15-2-3-19-6-11(13)16)4-8(12)5-10(7)20(14,17)18/h4-5,15H,2-3,6,12H2,1H3,(H2,13,16)(H2,14,17,18). The summed E-state index contributed by atoms with van der Waals surface area (Å²) in [6, 6.07) is 2.90. The van der Waals surface area contributed by atoms with Crippen LogP contribution in [0.15, 0.2) is 17.0 Å². The number of benzene rings is 1. The molecular weight excluding hydrogens is 284 g/mol. The Kier molecular flexibility index (Phi) is 5.31. The van der Waals surface area contributed by atoms with Crippen molar-refractivity contribution < 1.29 is 17.9 Å². The first-order valence-corrected chi connectivity index (χ1v) is 7.29. The molecule has 1 aromatic rings. The van der Waals surface area contributed by atoms with Gasteiger partial charge in [0.2, 0.25) is 15.9 Å². The first-order valence-electron chi connectivity index (χ1n) is 5.74. The van der Waals surface area contributed by atoms with Crippen molar-refractivity contribution in [2.75, 3.05) is 30.8 Å². The second-order valence-electron chi connectivity index (χ2n) is 4.18. The van der Waals surface area contributed by atoms with Crippen LogP contribution in [0.5, 0.6) is 0 Å². The summed E-state index contributed by atoms with van der Waals surface area (Å²) >= 11 is 0. The van der Waals surface area contributed by atoms with Crippen LogP contribution in [0, 0.1) is 6.92 Å². The van der Waals surface area contributed by atoms with E-state index in [4.69, 9.17) is 21.3 Å². The lowest BCUT2D eigenvalue weighted by molar-refractivity contribution is -0.122. The van der Waals surface area contributed by atoms with Crippen LogP contribution >= 0.6 is 0 Å². The summed E-state index contributed by atoms with van der Waals surface area (Å²) in [6.45, 7) is 2.05. The molecule has 9 heteroatoms. The van der Waals surface area contributed by atoms with Gasteiger partial charge in [-0.2, -0.15) is 0 Å². The highest BCUT2D eigenvalue weighted by Crippen LogP contribution is 2.25. The molecule has 0 heterocycles. The van der Waals surface area contributed by atoms with E-state index in [-0.39, 0.29) is 23.8 Å². The van der Waals surface area contributed by atoms with Gasteiger partial charge >= 0.3 is 0 Å². The fourth-order valence-corrected chi connectivity index (χ4v) is 2.46. The van der Waals surface area contributed by atoms with E-state index in [0.717, 1.165) is 0 Å². The van der Waals surface area contributed by atoms with Gasteiger partial charge in [0, 0.05) is 17.9 Å². The normalized spacial score (nSPS) is 11.3. The maximum absolute atomic E-state index is 11.4. The molecule has 0 aliphatic rings. The summed E-state index contributed by atoms with van der Waals surface area (Å²) in [6.07, 6.45) is 0. The number of nitrogens with two attached hydrogens (primary N) is 3. The van der Waals surface area contributed by atoms with Gasteiger partial charge in [-0.3, -0.25) is 4.79 Å². The third-order valence-electron chi connectivity index (χ3n) is 2.50. The van der Waals surface area contributed by atoms with Crippen LogP contribution in [-0.2, 0) is 19.6 Å². The number of primary sulfonamides is 1. The Hall–Kier alpha value is -1.84. The monoisotopic (exact) mass is 302 g/mol. The average Bonchev–Trinajstić information content (AvgIpc) is 2.30. The highest BCUT2D eigenvalue weighted by atomic mass is 32.2. The molecule has 0 fully saturated rings. The van der Waals surface area contributed by atoms with E-state index < -0.39 is 15.9 Å². The Morgan fingerprint density at radius 2 is 2.05 bits per heavy atom. The van der Waals surface area contributed by atoms with Crippen molar-refractivity contribution >= 4 is 27.3 Å². The molecule has 1 rings (SSSR count). The van der Waals surface area contributed by atoms with E-state index in [2.05, 4.69) is 5.32 Å². The molecule has 0 saturated heterocycles. The minimum Gasteiger partial charge on any atom is -0.399 e. The van der Waals surface area contributed by atoms with Crippen LogP contribution in [0.3, 0.4) is 0 Å². The van der Waals surface area contributed by atoms with E-state index >= 15 is 0 Å². The van der Waals surface area contributed by atoms with Crippen molar-refractivity contribution in [2.45, 2.75) is 11.8 Å². The topological polar surface area (TPSA) is 151 Å². The number of anilines is 2. The van der Waals surface area contributed by atoms with Crippen LogP contribution in [-0.4, -0.2) is 34.1 Å². The molecule has 8 nitrogen and oxygen atoms in total. The molecule has 0 saturated carbocycles. The Labute approximate surface area is 117 Å². The molecule has 0 bridgehead atoms. The molecule has 0 aliphatic heterocycles. The number of rotatable bonds is 7. The third-order valence-corrected chi connectivity index (χ3v) is 3.53. The maximum Gasteiger partial charge on any atom is 0.243 e. The molecule has 7 N–H and O–H groups in total. The smallest absolute Gasteiger partial charge is 0.243 e. The minimum absolute atomic E-state index is 0.0296. The number of nitrogens with one attached hydrogen (secondary N) is 1. The van der Waals surface area contributed by atoms with Gasteiger partial charge in [0.15, 0.2) is 0 Å². The molecule has 0 aliphatic carbocycles. The van der Waals surface area contributed by atoms with Crippen molar-refractivity contribution in [3.63, 3.8) is 0 Å². The number of hydrogen-bond donors (Lipinski definition) is 4. The van der Waals surface area contributed by atoms with E-state index in [1.165, 1.54) is 6.07 Å². The third kappa shape index (κ3) is 4.68. The Morgan fingerprint density at radius 3 is 2.60 bits per heavy atom. The van der Waals surface area contributed by atoms with Gasteiger partial charge in [-0.15, -0.1) is 0 Å². The van der Waals surface area contributed by atoms with Crippen LogP contribution in [0.4, 0.5) is 11.4 Å². The lowest BCUT2D eigenvalue weighted by atomic mass is 10.2. The Balaban J connectivity index is 2.76. The van der Waals surface area contributed by atoms with Crippen molar-refractivity contribution in [1.82, 2.24) is 0 Å². The van der Waals surface area contributed by atoms with Crippen molar-refractivity contribution in [3.8, 4) is 0 Å². The van der Waals surface area contributed by atoms with Crippen molar-refractivity contribution in [2.24, 2.45) is 10.9 Å². The summed E-state index contributed by atoms with van der Waals surface area (Å²) in [4.78, 5) is 10.4.